The number of pyridine rings is 1. The summed E-state index contributed by atoms with van der Waals surface area (Å²) in [5.41, 5.74) is 3.38. The van der Waals surface area contributed by atoms with Gasteiger partial charge < -0.3 is 24.8 Å². The average Bonchev–Trinajstić information content (AvgIpc) is 3.18. The van der Waals surface area contributed by atoms with E-state index in [-0.39, 0.29) is 18.2 Å². The van der Waals surface area contributed by atoms with Gasteiger partial charge in [-0.3, -0.25) is 9.88 Å². The molecule has 7 nitrogen and oxygen atoms in total. The van der Waals surface area contributed by atoms with Crippen molar-refractivity contribution in [2.24, 2.45) is 0 Å². The molecule has 2 saturated heterocycles. The minimum Gasteiger partial charge on any atom is -0.390 e. The van der Waals surface area contributed by atoms with E-state index < -0.39 is 12.4 Å². The molecular weight excluding hydrogens is 380 g/mol. The summed E-state index contributed by atoms with van der Waals surface area (Å²) in [6.07, 6.45) is 1.52. The molecule has 2 fully saturated rings. The molecule has 0 saturated carbocycles. The van der Waals surface area contributed by atoms with E-state index in [0.29, 0.717) is 13.2 Å². The molecule has 3 heterocycles. The van der Waals surface area contributed by atoms with Crippen molar-refractivity contribution in [2.45, 2.75) is 43.5 Å². The van der Waals surface area contributed by atoms with Crippen molar-refractivity contribution < 1.29 is 14.6 Å². The van der Waals surface area contributed by atoms with Crippen molar-refractivity contribution in [1.29, 1.82) is 0 Å². The molecule has 2 aliphatic heterocycles. The van der Waals surface area contributed by atoms with Crippen LogP contribution in [0.1, 0.15) is 11.3 Å². The summed E-state index contributed by atoms with van der Waals surface area (Å²) < 4.78 is 12.0. The Bertz CT molecular complexity index is 802. The number of hydrogen-bond donors (Lipinski definition) is 2. The van der Waals surface area contributed by atoms with Crippen molar-refractivity contribution in [3.8, 4) is 0 Å². The van der Waals surface area contributed by atoms with E-state index in [0.717, 1.165) is 18.7 Å². The topological polar surface area (TPSA) is 70.1 Å². The van der Waals surface area contributed by atoms with Crippen molar-refractivity contribution in [1.82, 2.24) is 15.2 Å². The summed E-state index contributed by atoms with van der Waals surface area (Å²) >= 11 is 0. The van der Waals surface area contributed by atoms with E-state index in [1.54, 1.807) is 0 Å². The van der Waals surface area contributed by atoms with Crippen LogP contribution in [0.2, 0.25) is 0 Å². The molecule has 2 aliphatic rings. The summed E-state index contributed by atoms with van der Waals surface area (Å²) in [4.78, 5) is 8.60. The highest BCUT2D eigenvalue weighted by molar-refractivity contribution is 5.45. The number of benzene rings is 1. The van der Waals surface area contributed by atoms with E-state index >= 15 is 0 Å². The van der Waals surface area contributed by atoms with Crippen LogP contribution in [0.3, 0.4) is 0 Å². The fraction of sp³-hybridized carbons (Fsp3) is 0.522. The van der Waals surface area contributed by atoms with Crippen molar-refractivity contribution >= 4 is 5.69 Å². The zero-order valence-electron chi connectivity index (χ0n) is 17.9. The molecule has 0 radical (unpaired) electrons. The van der Waals surface area contributed by atoms with Crippen LogP contribution in [0.15, 0.2) is 48.7 Å². The average molecular weight is 413 g/mol. The van der Waals surface area contributed by atoms with E-state index in [2.05, 4.69) is 44.4 Å². The fourth-order valence-electron chi connectivity index (χ4n) is 4.26. The maximum absolute atomic E-state index is 11.2. The second-order valence-electron chi connectivity index (χ2n) is 8.38. The number of anilines is 1. The first-order valence-electron chi connectivity index (χ1n) is 10.6. The lowest BCUT2D eigenvalue weighted by molar-refractivity contribution is -0.178. The third-order valence-electron chi connectivity index (χ3n) is 6.08. The lowest BCUT2D eigenvalue weighted by Crippen LogP contribution is -2.63. The number of aliphatic hydroxyl groups excluding tert-OH is 1. The predicted octanol–water partition coefficient (Wildman–Crippen LogP) is 1.26. The van der Waals surface area contributed by atoms with Crippen molar-refractivity contribution in [3.63, 3.8) is 0 Å². The molecule has 30 heavy (non-hydrogen) atoms. The molecule has 2 N–H and O–H groups in total. The monoisotopic (exact) mass is 412 g/mol. The van der Waals surface area contributed by atoms with Gasteiger partial charge in [-0.15, -0.1) is 0 Å². The van der Waals surface area contributed by atoms with Gasteiger partial charge in [-0.2, -0.15) is 0 Å². The number of nitrogens with zero attached hydrogens (tertiary/aromatic N) is 3. The van der Waals surface area contributed by atoms with Crippen LogP contribution in [-0.4, -0.2) is 79.9 Å². The minimum atomic E-state index is -0.578. The standard InChI is InChI=1S/C23H32N4O3/c1-26(2)18-9-7-16(8-10-18)14-25-20-19-15-29-23(30-19)21(22(20)28)27(3)13-11-17-6-4-5-12-24-17/h4-10,12,19-23,25,28H,11,13-15H2,1-3H3. The van der Waals surface area contributed by atoms with Gasteiger partial charge in [0.25, 0.3) is 0 Å². The van der Waals surface area contributed by atoms with Crippen LogP contribution in [-0.2, 0) is 22.4 Å². The molecule has 2 aromatic rings. The van der Waals surface area contributed by atoms with Crippen LogP contribution in [0, 0.1) is 0 Å². The van der Waals surface area contributed by atoms with Gasteiger partial charge >= 0.3 is 0 Å². The lowest BCUT2D eigenvalue weighted by atomic mass is 9.94. The number of ether oxygens (including phenoxy) is 2. The fourth-order valence-corrected chi connectivity index (χ4v) is 4.26. The molecule has 7 heteroatoms. The van der Waals surface area contributed by atoms with Crippen LogP contribution in [0.25, 0.3) is 0 Å². The van der Waals surface area contributed by atoms with Crippen LogP contribution in [0.5, 0.6) is 0 Å². The number of likely N-dealkylation sites (N-methyl/N-ethyl adjacent to an activating group) is 1. The van der Waals surface area contributed by atoms with E-state index in [4.69, 9.17) is 9.47 Å². The Morgan fingerprint density at radius 1 is 1.13 bits per heavy atom. The molecule has 2 bridgehead atoms. The molecule has 4 rings (SSSR count). The first kappa shape index (κ1) is 21.2. The van der Waals surface area contributed by atoms with Gasteiger partial charge in [-0.1, -0.05) is 18.2 Å². The van der Waals surface area contributed by atoms with Gasteiger partial charge in [-0.25, -0.2) is 0 Å². The highest BCUT2D eigenvalue weighted by atomic mass is 16.7. The normalized spacial score (nSPS) is 28.1. The van der Waals surface area contributed by atoms with Crippen molar-refractivity contribution in [3.05, 3.63) is 59.9 Å². The molecule has 5 unspecified atom stereocenters. The van der Waals surface area contributed by atoms with Gasteiger partial charge in [0, 0.05) is 51.2 Å². The molecule has 1 aromatic heterocycles. The first-order chi connectivity index (χ1) is 14.5. The smallest absolute Gasteiger partial charge is 0.176 e. The Morgan fingerprint density at radius 3 is 2.63 bits per heavy atom. The lowest BCUT2D eigenvalue weighted by Gasteiger charge is -2.42. The summed E-state index contributed by atoms with van der Waals surface area (Å²) in [5, 5.41) is 14.7. The van der Waals surface area contributed by atoms with Gasteiger partial charge in [0.15, 0.2) is 6.29 Å². The first-order valence-corrected chi connectivity index (χ1v) is 10.6. The Morgan fingerprint density at radius 2 is 1.93 bits per heavy atom. The summed E-state index contributed by atoms with van der Waals surface area (Å²) in [6, 6.07) is 14.0. The Hall–Kier alpha value is -2.03. The van der Waals surface area contributed by atoms with Gasteiger partial charge in [0.1, 0.15) is 6.10 Å². The van der Waals surface area contributed by atoms with E-state index in [1.807, 2.05) is 45.5 Å². The molecule has 5 atom stereocenters. The SMILES string of the molecule is CN(C)c1ccc(CNC2C3COC(O3)C(N(C)CCc3ccccn3)C2O)cc1. The number of aromatic nitrogens is 1. The van der Waals surface area contributed by atoms with Gasteiger partial charge in [0.2, 0.25) is 0 Å². The van der Waals surface area contributed by atoms with Gasteiger partial charge in [0.05, 0.1) is 24.8 Å². The zero-order chi connectivity index (χ0) is 21.1. The van der Waals surface area contributed by atoms with Crippen molar-refractivity contribution in [2.75, 3.05) is 39.2 Å². The summed E-state index contributed by atoms with van der Waals surface area (Å²) in [7, 11) is 6.08. The van der Waals surface area contributed by atoms with Crippen LogP contribution >= 0.6 is 0 Å². The summed E-state index contributed by atoms with van der Waals surface area (Å²) in [6.45, 7) is 1.94. The molecule has 0 amide bonds. The second kappa shape index (κ2) is 9.41. The maximum atomic E-state index is 11.2. The largest absolute Gasteiger partial charge is 0.390 e. The molecule has 0 spiro atoms. The van der Waals surface area contributed by atoms with Crippen LogP contribution < -0.4 is 10.2 Å². The molecule has 162 valence electrons. The van der Waals surface area contributed by atoms with E-state index in [1.165, 1.54) is 11.3 Å². The third-order valence-corrected chi connectivity index (χ3v) is 6.08. The quantitative estimate of drug-likeness (QED) is 0.677. The predicted molar refractivity (Wildman–Crippen MR) is 116 cm³/mol. The molecular formula is C23H32N4O3. The van der Waals surface area contributed by atoms with Gasteiger partial charge in [-0.05, 0) is 36.9 Å². The van der Waals surface area contributed by atoms with Crippen LogP contribution in [0.4, 0.5) is 5.69 Å². The van der Waals surface area contributed by atoms with E-state index in [9.17, 15) is 5.11 Å². The highest BCUT2D eigenvalue weighted by Crippen LogP contribution is 2.31. The molecule has 1 aromatic carbocycles. The number of aliphatic hydroxyl groups is 1. The number of rotatable bonds is 8. The Kier molecular flexibility index (Phi) is 6.65. The number of fused-ring (bicyclic) bond motifs is 2. The third kappa shape index (κ3) is 4.66. The number of hydrogen-bond acceptors (Lipinski definition) is 7. The minimum absolute atomic E-state index is 0.133. The summed E-state index contributed by atoms with van der Waals surface area (Å²) in [5.74, 6) is 0. The molecule has 0 aliphatic carbocycles. The Balaban J connectivity index is 1.37. The highest BCUT2D eigenvalue weighted by Gasteiger charge is 2.51. The Labute approximate surface area is 178 Å². The second-order valence-corrected chi connectivity index (χ2v) is 8.38. The maximum Gasteiger partial charge on any atom is 0.176 e. The zero-order valence-corrected chi connectivity index (χ0v) is 17.9. The number of nitrogens with one attached hydrogen (secondary N) is 1.